The highest BCUT2D eigenvalue weighted by molar-refractivity contribution is 5.88. The number of aryl methyl sites for hydroxylation is 1. The predicted molar refractivity (Wildman–Crippen MR) is 104 cm³/mol. The number of carbonyl (C=O) groups excluding carboxylic acids is 1. The number of benzene rings is 1. The Labute approximate surface area is 168 Å². The average Bonchev–Trinajstić information content (AvgIpc) is 3.39. The number of hydrogen-bond donors (Lipinski definition) is 1. The van der Waals surface area contributed by atoms with Gasteiger partial charge >= 0.3 is 5.97 Å². The predicted octanol–water partition coefficient (Wildman–Crippen LogP) is 2.40. The summed E-state index contributed by atoms with van der Waals surface area (Å²) >= 11 is 0. The minimum Gasteiger partial charge on any atom is -0.462 e. The summed E-state index contributed by atoms with van der Waals surface area (Å²) in [6.07, 6.45) is 4.58. The number of nitrogens with zero attached hydrogens (tertiary/aromatic N) is 5. The number of esters is 1. The second kappa shape index (κ2) is 10.3. The van der Waals surface area contributed by atoms with Crippen LogP contribution < -0.4 is 0 Å². The van der Waals surface area contributed by atoms with Crippen molar-refractivity contribution in [2.24, 2.45) is 0 Å². The molecule has 1 N–H and O–H groups in total. The lowest BCUT2D eigenvalue weighted by atomic mass is 10.0. The zero-order valence-corrected chi connectivity index (χ0v) is 16.4. The maximum atomic E-state index is 12.0. The van der Waals surface area contributed by atoms with Crippen molar-refractivity contribution in [2.45, 2.75) is 45.4 Å². The molecule has 9 heteroatoms. The number of hydrogen-bond acceptors (Lipinski definition) is 8. The van der Waals surface area contributed by atoms with Gasteiger partial charge in [0, 0.05) is 18.4 Å². The number of tetrazole rings is 1. The van der Waals surface area contributed by atoms with Gasteiger partial charge in [0.25, 0.3) is 0 Å². The highest BCUT2D eigenvalue weighted by Crippen LogP contribution is 2.12. The number of unbranched alkanes of at least 4 members (excludes halogenated alkanes) is 1. The van der Waals surface area contributed by atoms with E-state index in [2.05, 4.69) is 68.5 Å². The second-order valence-electron chi connectivity index (χ2n) is 6.72. The lowest BCUT2D eigenvalue weighted by Gasteiger charge is -2.04. The van der Waals surface area contributed by atoms with Crippen LogP contribution in [0.2, 0.25) is 0 Å². The first kappa shape index (κ1) is 20.4. The molecule has 0 fully saturated rings. The number of ether oxygens (including phenoxy) is 1. The Hall–Kier alpha value is -3.36. The quantitative estimate of drug-likeness (QED) is 0.387. The number of aromatic nitrogens is 6. The maximum absolute atomic E-state index is 12.0. The standard InChI is InChI=1S/C20H24N6O3/c1-3-4-5-15-6-8-16(9-7-15)13-18-21-19(29-24-18)12-14(2)20(27)28-11-10-17-22-25-26-23-17/h6-9H,2-5,10-13H2,1H3,(H,22,23,25,26). The van der Waals surface area contributed by atoms with E-state index in [0.717, 1.165) is 12.0 Å². The lowest BCUT2D eigenvalue weighted by molar-refractivity contribution is -0.139. The number of aromatic amines is 1. The summed E-state index contributed by atoms with van der Waals surface area (Å²) in [7, 11) is 0. The van der Waals surface area contributed by atoms with E-state index in [1.165, 1.54) is 18.4 Å². The van der Waals surface area contributed by atoms with E-state index >= 15 is 0 Å². The number of nitrogens with one attached hydrogen (secondary N) is 1. The Kier molecular flexibility index (Phi) is 7.21. The zero-order valence-electron chi connectivity index (χ0n) is 16.4. The van der Waals surface area contributed by atoms with Crippen LogP contribution in [-0.2, 0) is 35.2 Å². The molecule has 2 heterocycles. The topological polar surface area (TPSA) is 120 Å². The Balaban J connectivity index is 1.45. The van der Waals surface area contributed by atoms with Crippen molar-refractivity contribution in [3.8, 4) is 0 Å². The van der Waals surface area contributed by atoms with Crippen molar-refractivity contribution < 1.29 is 14.1 Å². The summed E-state index contributed by atoms with van der Waals surface area (Å²) in [6, 6.07) is 8.44. The van der Waals surface area contributed by atoms with E-state index in [1.54, 1.807) is 0 Å². The summed E-state index contributed by atoms with van der Waals surface area (Å²) in [5.41, 5.74) is 2.69. The Bertz CT molecular complexity index is 918. The molecular formula is C20H24N6O3. The van der Waals surface area contributed by atoms with E-state index in [4.69, 9.17) is 9.26 Å². The smallest absolute Gasteiger partial charge is 0.333 e. The monoisotopic (exact) mass is 396 g/mol. The third-order valence-electron chi connectivity index (χ3n) is 4.33. The van der Waals surface area contributed by atoms with Gasteiger partial charge in [-0.25, -0.2) is 9.89 Å². The SMILES string of the molecule is C=C(Cc1nc(Cc2ccc(CCCC)cc2)no1)C(=O)OCCc1nnn[nH]1. The normalized spacial score (nSPS) is 10.8. The van der Waals surface area contributed by atoms with E-state index in [0.29, 0.717) is 30.4 Å². The van der Waals surface area contributed by atoms with E-state index < -0.39 is 5.97 Å². The van der Waals surface area contributed by atoms with Crippen LogP contribution in [0.25, 0.3) is 0 Å². The van der Waals surface area contributed by atoms with Crippen molar-refractivity contribution in [3.63, 3.8) is 0 Å². The molecule has 152 valence electrons. The van der Waals surface area contributed by atoms with E-state index in [1.807, 2.05) is 0 Å². The van der Waals surface area contributed by atoms with Gasteiger partial charge in [0.1, 0.15) is 0 Å². The Morgan fingerprint density at radius 2 is 2.00 bits per heavy atom. The molecule has 0 aliphatic rings. The van der Waals surface area contributed by atoms with Crippen molar-refractivity contribution in [3.05, 3.63) is 65.1 Å². The molecule has 0 bridgehead atoms. The summed E-state index contributed by atoms with van der Waals surface area (Å²) < 4.78 is 10.4. The molecule has 0 saturated carbocycles. The molecule has 0 amide bonds. The fraction of sp³-hybridized carbons (Fsp3) is 0.400. The summed E-state index contributed by atoms with van der Waals surface area (Å²) in [5, 5.41) is 17.2. The molecular weight excluding hydrogens is 372 g/mol. The number of H-pyrrole nitrogens is 1. The number of rotatable bonds is 11. The van der Waals surface area contributed by atoms with Gasteiger partial charge in [0.05, 0.1) is 13.0 Å². The first-order valence-electron chi connectivity index (χ1n) is 9.61. The second-order valence-corrected chi connectivity index (χ2v) is 6.72. The first-order valence-corrected chi connectivity index (χ1v) is 9.61. The van der Waals surface area contributed by atoms with Crippen LogP contribution in [0.5, 0.6) is 0 Å². The number of carbonyl (C=O) groups is 1. The van der Waals surface area contributed by atoms with Gasteiger partial charge < -0.3 is 9.26 Å². The van der Waals surface area contributed by atoms with Gasteiger partial charge in [-0.3, -0.25) is 0 Å². The van der Waals surface area contributed by atoms with Gasteiger partial charge in [0.15, 0.2) is 11.6 Å². The molecule has 0 radical (unpaired) electrons. The molecule has 0 spiro atoms. The first-order chi connectivity index (χ1) is 14.1. The molecule has 29 heavy (non-hydrogen) atoms. The summed E-state index contributed by atoms with van der Waals surface area (Å²) in [5.74, 6) is 0.935. The zero-order chi connectivity index (χ0) is 20.5. The molecule has 0 aliphatic carbocycles. The molecule has 1 aromatic carbocycles. The van der Waals surface area contributed by atoms with Gasteiger partial charge in [-0.1, -0.05) is 49.3 Å². The molecule has 3 aromatic rings. The fourth-order valence-corrected chi connectivity index (χ4v) is 2.70. The molecule has 2 aromatic heterocycles. The van der Waals surface area contributed by atoms with Gasteiger partial charge in [-0.05, 0) is 34.4 Å². The van der Waals surface area contributed by atoms with Crippen molar-refractivity contribution >= 4 is 5.97 Å². The van der Waals surface area contributed by atoms with E-state index in [9.17, 15) is 4.79 Å². The largest absolute Gasteiger partial charge is 0.462 e. The molecule has 0 aliphatic heterocycles. The van der Waals surface area contributed by atoms with Gasteiger partial charge in [-0.15, -0.1) is 5.10 Å². The maximum Gasteiger partial charge on any atom is 0.333 e. The Morgan fingerprint density at radius 3 is 2.72 bits per heavy atom. The van der Waals surface area contributed by atoms with Crippen LogP contribution in [-0.4, -0.2) is 43.3 Å². The van der Waals surface area contributed by atoms with Gasteiger partial charge in [-0.2, -0.15) is 4.98 Å². The molecule has 0 saturated heterocycles. The van der Waals surface area contributed by atoms with Crippen molar-refractivity contribution in [2.75, 3.05) is 6.61 Å². The van der Waals surface area contributed by atoms with Crippen LogP contribution in [0, 0.1) is 0 Å². The van der Waals surface area contributed by atoms with Crippen LogP contribution in [0.1, 0.15) is 48.4 Å². The van der Waals surface area contributed by atoms with Crippen molar-refractivity contribution in [1.82, 2.24) is 30.8 Å². The van der Waals surface area contributed by atoms with Crippen LogP contribution in [0.15, 0.2) is 40.9 Å². The van der Waals surface area contributed by atoms with Crippen LogP contribution in [0.4, 0.5) is 0 Å². The summed E-state index contributed by atoms with van der Waals surface area (Å²) in [4.78, 5) is 16.4. The molecule has 0 unspecified atom stereocenters. The lowest BCUT2D eigenvalue weighted by Crippen LogP contribution is -2.12. The average molecular weight is 396 g/mol. The highest BCUT2D eigenvalue weighted by Gasteiger charge is 2.15. The third-order valence-corrected chi connectivity index (χ3v) is 4.33. The minimum absolute atomic E-state index is 0.144. The Morgan fingerprint density at radius 1 is 1.21 bits per heavy atom. The molecule has 3 rings (SSSR count). The van der Waals surface area contributed by atoms with Crippen LogP contribution >= 0.6 is 0 Å². The van der Waals surface area contributed by atoms with Gasteiger partial charge in [0.2, 0.25) is 5.89 Å². The van der Waals surface area contributed by atoms with Crippen molar-refractivity contribution in [1.29, 1.82) is 0 Å². The highest BCUT2D eigenvalue weighted by atomic mass is 16.5. The molecule has 0 atom stereocenters. The molecule has 9 nitrogen and oxygen atoms in total. The summed E-state index contributed by atoms with van der Waals surface area (Å²) in [6.45, 7) is 6.08. The third kappa shape index (κ3) is 6.34. The van der Waals surface area contributed by atoms with Crippen LogP contribution in [0.3, 0.4) is 0 Å². The minimum atomic E-state index is -0.514. The van der Waals surface area contributed by atoms with E-state index in [-0.39, 0.29) is 18.6 Å². The fourth-order valence-electron chi connectivity index (χ4n) is 2.70.